The Bertz CT molecular complexity index is 204. The van der Waals surface area contributed by atoms with E-state index < -0.39 is 0 Å². The van der Waals surface area contributed by atoms with Gasteiger partial charge in [0.25, 0.3) is 0 Å². The third kappa shape index (κ3) is 7.66. The van der Waals surface area contributed by atoms with Crippen LogP contribution in [-0.4, -0.2) is 0 Å². The molecule has 0 aromatic carbocycles. The molecule has 1 heteroatoms. The van der Waals surface area contributed by atoms with Crippen LogP contribution >= 0.6 is 0 Å². The van der Waals surface area contributed by atoms with E-state index in [4.69, 9.17) is 5.73 Å². The van der Waals surface area contributed by atoms with Gasteiger partial charge in [0.1, 0.15) is 0 Å². The highest BCUT2D eigenvalue weighted by Crippen LogP contribution is 2.26. The van der Waals surface area contributed by atoms with E-state index in [9.17, 15) is 0 Å². The lowest BCUT2D eigenvalue weighted by atomic mass is 9.87. The highest BCUT2D eigenvalue weighted by Gasteiger charge is 2.13. The molecule has 0 aliphatic carbocycles. The molecule has 0 radical (unpaired) electrons. The zero-order valence-corrected chi connectivity index (χ0v) is 10.4. The Morgan fingerprint density at radius 3 is 1.79 bits per heavy atom. The molecule has 82 valence electrons. The summed E-state index contributed by atoms with van der Waals surface area (Å²) in [7, 11) is 0. The van der Waals surface area contributed by atoms with Crippen LogP contribution in [0.1, 0.15) is 41.0 Å². The molecule has 0 aromatic heterocycles. The lowest BCUT2D eigenvalue weighted by Gasteiger charge is -2.20. The molecule has 0 unspecified atom stereocenters. The molecule has 14 heavy (non-hydrogen) atoms. The summed E-state index contributed by atoms with van der Waals surface area (Å²) in [6.07, 6.45) is 5.10. The van der Waals surface area contributed by atoms with Crippen LogP contribution in [-0.2, 0) is 0 Å². The zero-order chi connectivity index (χ0) is 11.8. The summed E-state index contributed by atoms with van der Waals surface area (Å²) in [5.74, 6) is 0. The van der Waals surface area contributed by atoms with E-state index in [-0.39, 0.29) is 0 Å². The van der Waals surface area contributed by atoms with Crippen LogP contribution in [0.5, 0.6) is 0 Å². The standard InChI is InChI=1S/C11H21N.C2H4/c1-6-9(10(12)7-2)8-11(3,4)5;1-2/h6-7H,8,12H2,1-5H3;1-2H2/b9-6+,10-7+;. The van der Waals surface area contributed by atoms with Crippen molar-refractivity contribution in [2.45, 2.75) is 41.0 Å². The maximum atomic E-state index is 5.83. The van der Waals surface area contributed by atoms with Gasteiger partial charge in [0.2, 0.25) is 0 Å². The first-order valence-electron chi connectivity index (χ1n) is 4.98. The minimum Gasteiger partial charge on any atom is -0.399 e. The fourth-order valence-corrected chi connectivity index (χ4v) is 1.13. The van der Waals surface area contributed by atoms with Gasteiger partial charge in [-0.15, -0.1) is 13.2 Å². The first-order valence-corrected chi connectivity index (χ1v) is 4.98. The van der Waals surface area contributed by atoms with E-state index in [1.54, 1.807) is 0 Å². The topological polar surface area (TPSA) is 26.0 Å². The molecule has 0 heterocycles. The van der Waals surface area contributed by atoms with Gasteiger partial charge in [-0.25, -0.2) is 0 Å². The van der Waals surface area contributed by atoms with E-state index in [2.05, 4.69) is 40.0 Å². The Balaban J connectivity index is 0. The molecule has 0 rings (SSSR count). The highest BCUT2D eigenvalue weighted by molar-refractivity contribution is 5.27. The van der Waals surface area contributed by atoms with Crippen molar-refractivity contribution in [1.29, 1.82) is 0 Å². The van der Waals surface area contributed by atoms with Crippen molar-refractivity contribution in [3.8, 4) is 0 Å². The van der Waals surface area contributed by atoms with Crippen LogP contribution in [0.2, 0.25) is 0 Å². The number of hydrogen-bond donors (Lipinski definition) is 1. The second-order valence-corrected chi connectivity index (χ2v) is 4.30. The summed E-state index contributed by atoms with van der Waals surface area (Å²) in [5.41, 5.74) is 8.31. The third-order valence-corrected chi connectivity index (χ3v) is 1.75. The minimum atomic E-state index is 0.315. The number of allylic oxidation sites excluding steroid dienone is 3. The Kier molecular flexibility index (Phi) is 8.22. The number of hydrogen-bond acceptors (Lipinski definition) is 1. The maximum Gasteiger partial charge on any atom is 0.0300 e. The molecule has 0 atom stereocenters. The molecular weight excluding hydrogens is 170 g/mol. The predicted molar refractivity (Wildman–Crippen MR) is 67.0 cm³/mol. The summed E-state index contributed by atoms with van der Waals surface area (Å²) in [6, 6.07) is 0. The quantitative estimate of drug-likeness (QED) is 0.522. The van der Waals surface area contributed by atoms with Crippen molar-refractivity contribution in [3.05, 3.63) is 36.6 Å². The van der Waals surface area contributed by atoms with Gasteiger partial charge in [0, 0.05) is 5.70 Å². The molecule has 0 aliphatic heterocycles. The molecular formula is C13H25N. The average Bonchev–Trinajstić information content (AvgIpc) is 2.15. The van der Waals surface area contributed by atoms with E-state index in [0.717, 1.165) is 12.1 Å². The molecule has 0 bridgehead atoms. The maximum absolute atomic E-state index is 5.83. The second-order valence-electron chi connectivity index (χ2n) is 4.30. The summed E-state index contributed by atoms with van der Waals surface area (Å²) >= 11 is 0. The van der Waals surface area contributed by atoms with E-state index in [1.807, 2.05) is 19.9 Å². The molecule has 0 aromatic rings. The van der Waals surface area contributed by atoms with Crippen molar-refractivity contribution >= 4 is 0 Å². The van der Waals surface area contributed by atoms with Gasteiger partial charge in [-0.1, -0.05) is 32.9 Å². The van der Waals surface area contributed by atoms with Gasteiger partial charge in [-0.05, 0) is 31.3 Å². The van der Waals surface area contributed by atoms with Crippen molar-refractivity contribution in [1.82, 2.24) is 0 Å². The van der Waals surface area contributed by atoms with E-state index in [0.29, 0.717) is 5.41 Å². The van der Waals surface area contributed by atoms with Crippen LogP contribution in [0.4, 0.5) is 0 Å². The van der Waals surface area contributed by atoms with Crippen molar-refractivity contribution in [3.63, 3.8) is 0 Å². The smallest absolute Gasteiger partial charge is 0.0300 e. The number of nitrogens with two attached hydrogens (primary N) is 1. The van der Waals surface area contributed by atoms with Gasteiger partial charge in [0.15, 0.2) is 0 Å². The Morgan fingerprint density at radius 2 is 1.57 bits per heavy atom. The molecule has 0 amide bonds. The molecule has 0 spiro atoms. The summed E-state index contributed by atoms with van der Waals surface area (Å²) < 4.78 is 0. The molecule has 1 nitrogen and oxygen atoms in total. The highest BCUT2D eigenvalue weighted by atomic mass is 14.6. The summed E-state index contributed by atoms with van der Waals surface area (Å²) in [6.45, 7) is 16.7. The van der Waals surface area contributed by atoms with Crippen molar-refractivity contribution in [2.24, 2.45) is 11.1 Å². The summed E-state index contributed by atoms with van der Waals surface area (Å²) in [5, 5.41) is 0. The Morgan fingerprint density at radius 1 is 1.14 bits per heavy atom. The van der Waals surface area contributed by atoms with Crippen molar-refractivity contribution in [2.75, 3.05) is 0 Å². The predicted octanol–water partition coefficient (Wildman–Crippen LogP) is 4.03. The molecule has 2 N–H and O–H groups in total. The van der Waals surface area contributed by atoms with Crippen LogP contribution in [0.15, 0.2) is 36.6 Å². The largest absolute Gasteiger partial charge is 0.399 e. The fraction of sp³-hybridized carbons (Fsp3) is 0.538. The first-order chi connectivity index (χ1) is 6.40. The summed E-state index contributed by atoms with van der Waals surface area (Å²) in [4.78, 5) is 0. The molecule has 0 fully saturated rings. The van der Waals surface area contributed by atoms with Gasteiger partial charge in [0.05, 0.1) is 0 Å². The van der Waals surface area contributed by atoms with Gasteiger partial charge in [-0.3, -0.25) is 0 Å². The van der Waals surface area contributed by atoms with E-state index in [1.165, 1.54) is 5.57 Å². The SMILES string of the molecule is C/C=C(N)\C(=C\C)CC(C)(C)C.C=C. The third-order valence-electron chi connectivity index (χ3n) is 1.75. The van der Waals surface area contributed by atoms with Crippen LogP contribution in [0.3, 0.4) is 0 Å². The lowest BCUT2D eigenvalue weighted by Crippen LogP contribution is -2.10. The zero-order valence-electron chi connectivity index (χ0n) is 10.4. The lowest BCUT2D eigenvalue weighted by molar-refractivity contribution is 0.411. The molecule has 0 saturated carbocycles. The Labute approximate surface area is 89.4 Å². The van der Waals surface area contributed by atoms with Gasteiger partial charge in [-0.2, -0.15) is 0 Å². The van der Waals surface area contributed by atoms with Crippen LogP contribution < -0.4 is 5.73 Å². The van der Waals surface area contributed by atoms with Crippen LogP contribution in [0.25, 0.3) is 0 Å². The molecule has 0 saturated heterocycles. The Hall–Kier alpha value is -0.980. The normalized spacial score (nSPS) is 13.2. The van der Waals surface area contributed by atoms with Gasteiger partial charge >= 0.3 is 0 Å². The minimum absolute atomic E-state index is 0.315. The second kappa shape index (κ2) is 7.43. The monoisotopic (exact) mass is 195 g/mol. The molecule has 0 aliphatic rings. The van der Waals surface area contributed by atoms with Gasteiger partial charge < -0.3 is 5.73 Å². The average molecular weight is 195 g/mol. The first kappa shape index (κ1) is 15.5. The van der Waals surface area contributed by atoms with Crippen molar-refractivity contribution < 1.29 is 0 Å². The fourth-order valence-electron chi connectivity index (χ4n) is 1.13. The number of rotatable bonds is 2. The van der Waals surface area contributed by atoms with Crippen LogP contribution in [0, 0.1) is 5.41 Å². The van der Waals surface area contributed by atoms with E-state index >= 15 is 0 Å².